The Morgan fingerprint density at radius 3 is 2.08 bits per heavy atom. The number of nitrogens with zero attached hydrogens (tertiary/aromatic N) is 1. The van der Waals surface area contributed by atoms with E-state index in [1.807, 2.05) is 13.8 Å². The van der Waals surface area contributed by atoms with E-state index in [4.69, 9.17) is 18.9 Å². The molecule has 7 heteroatoms. The van der Waals surface area contributed by atoms with Crippen LogP contribution in [0.5, 0.6) is 17.2 Å². The lowest BCUT2D eigenvalue weighted by molar-refractivity contribution is -0.133. The maximum Gasteiger partial charge on any atom is 0.342 e. The van der Waals surface area contributed by atoms with Crippen LogP contribution in [-0.4, -0.2) is 57.8 Å². The molecular formula is C18H25NO6. The molecule has 1 amide bonds. The first-order valence-electron chi connectivity index (χ1n) is 7.77. The number of methoxy groups -OCH3 is 3. The van der Waals surface area contributed by atoms with Crippen molar-refractivity contribution in [2.45, 2.75) is 13.8 Å². The van der Waals surface area contributed by atoms with Crippen LogP contribution in [0.25, 0.3) is 0 Å². The zero-order valence-corrected chi connectivity index (χ0v) is 15.4. The maximum atomic E-state index is 12.3. The molecule has 25 heavy (non-hydrogen) atoms. The zero-order chi connectivity index (χ0) is 19.0. The molecule has 0 aliphatic heterocycles. The van der Waals surface area contributed by atoms with Gasteiger partial charge in [-0.25, -0.2) is 4.79 Å². The molecule has 0 radical (unpaired) electrons. The van der Waals surface area contributed by atoms with Crippen LogP contribution in [0.3, 0.4) is 0 Å². The Morgan fingerprint density at radius 1 is 1.04 bits per heavy atom. The third-order valence-electron chi connectivity index (χ3n) is 3.45. The normalized spacial score (nSPS) is 9.96. The zero-order valence-electron chi connectivity index (χ0n) is 15.4. The lowest BCUT2D eigenvalue weighted by atomic mass is 10.1. The molecule has 0 aliphatic carbocycles. The van der Waals surface area contributed by atoms with Crippen LogP contribution in [0.2, 0.25) is 0 Å². The summed E-state index contributed by atoms with van der Waals surface area (Å²) in [7, 11) is 4.36. The Labute approximate surface area is 148 Å². The highest BCUT2D eigenvalue weighted by molar-refractivity contribution is 5.95. The van der Waals surface area contributed by atoms with Crippen LogP contribution in [0.4, 0.5) is 0 Å². The number of carbonyl (C=O) groups is 2. The summed E-state index contributed by atoms with van der Waals surface area (Å²) >= 11 is 0. The Balaban J connectivity index is 2.89. The van der Waals surface area contributed by atoms with E-state index in [-0.39, 0.29) is 23.8 Å². The van der Waals surface area contributed by atoms with Crippen molar-refractivity contribution in [1.29, 1.82) is 0 Å². The van der Waals surface area contributed by atoms with Crippen LogP contribution in [0.1, 0.15) is 24.2 Å². The van der Waals surface area contributed by atoms with Crippen molar-refractivity contribution < 1.29 is 28.5 Å². The number of ether oxygens (including phenoxy) is 4. The second kappa shape index (κ2) is 9.56. The molecule has 0 fully saturated rings. The van der Waals surface area contributed by atoms with Gasteiger partial charge in [-0.3, -0.25) is 4.79 Å². The van der Waals surface area contributed by atoms with Gasteiger partial charge in [-0.15, -0.1) is 0 Å². The van der Waals surface area contributed by atoms with E-state index in [1.165, 1.54) is 33.5 Å². The molecule has 7 nitrogen and oxygen atoms in total. The lowest BCUT2D eigenvalue weighted by Gasteiger charge is -2.21. The third kappa shape index (κ3) is 5.41. The predicted octanol–water partition coefficient (Wildman–Crippen LogP) is 2.29. The average Bonchev–Trinajstić information content (AvgIpc) is 2.62. The fourth-order valence-electron chi connectivity index (χ4n) is 2.19. The van der Waals surface area contributed by atoms with E-state index in [0.29, 0.717) is 24.6 Å². The van der Waals surface area contributed by atoms with Crippen molar-refractivity contribution in [3.05, 3.63) is 29.8 Å². The molecule has 0 saturated heterocycles. The number of amides is 1. The van der Waals surface area contributed by atoms with Gasteiger partial charge in [0.15, 0.2) is 18.1 Å². The third-order valence-corrected chi connectivity index (χ3v) is 3.45. The number of hydrogen-bond donors (Lipinski definition) is 0. The number of rotatable bonds is 9. The van der Waals surface area contributed by atoms with E-state index in [0.717, 1.165) is 5.57 Å². The first kappa shape index (κ1) is 20.3. The van der Waals surface area contributed by atoms with Gasteiger partial charge in [0.1, 0.15) is 11.3 Å². The molecule has 1 aromatic rings. The first-order chi connectivity index (χ1) is 11.9. The number of hydrogen-bond acceptors (Lipinski definition) is 6. The van der Waals surface area contributed by atoms with Gasteiger partial charge < -0.3 is 23.8 Å². The molecule has 138 valence electrons. The highest BCUT2D eigenvalue weighted by atomic mass is 16.5. The van der Waals surface area contributed by atoms with Crippen molar-refractivity contribution in [1.82, 2.24) is 4.90 Å². The number of likely N-dealkylation sites (N-methyl/N-ethyl adjacent to an activating group) is 1. The highest BCUT2D eigenvalue weighted by Gasteiger charge is 2.21. The second-order valence-electron chi connectivity index (χ2n) is 5.35. The van der Waals surface area contributed by atoms with Crippen molar-refractivity contribution in [2.24, 2.45) is 0 Å². The number of esters is 1. The van der Waals surface area contributed by atoms with E-state index in [2.05, 4.69) is 6.58 Å². The molecule has 0 heterocycles. The molecule has 0 saturated carbocycles. The first-order valence-corrected chi connectivity index (χ1v) is 7.77. The number of benzene rings is 1. The minimum atomic E-state index is -0.683. The van der Waals surface area contributed by atoms with E-state index < -0.39 is 5.97 Å². The summed E-state index contributed by atoms with van der Waals surface area (Å²) < 4.78 is 20.7. The van der Waals surface area contributed by atoms with Gasteiger partial charge in [-0.1, -0.05) is 12.2 Å². The van der Waals surface area contributed by atoms with Gasteiger partial charge in [0.25, 0.3) is 5.91 Å². The summed E-state index contributed by atoms with van der Waals surface area (Å²) in [6, 6.07) is 2.98. The minimum absolute atomic E-state index is 0.149. The van der Waals surface area contributed by atoms with E-state index >= 15 is 0 Å². The quantitative estimate of drug-likeness (QED) is 0.502. The highest BCUT2D eigenvalue weighted by Crippen LogP contribution is 2.34. The van der Waals surface area contributed by atoms with Gasteiger partial charge in [0.05, 0.1) is 21.3 Å². The molecule has 0 aromatic heterocycles. The van der Waals surface area contributed by atoms with Gasteiger partial charge >= 0.3 is 5.97 Å². The van der Waals surface area contributed by atoms with Crippen LogP contribution in [0.15, 0.2) is 24.3 Å². The van der Waals surface area contributed by atoms with Gasteiger partial charge in [-0.05, 0) is 13.8 Å². The second-order valence-corrected chi connectivity index (χ2v) is 5.35. The number of carbonyl (C=O) groups excluding carboxylic acids is 2. The standard InChI is InChI=1S/C18H25NO6/c1-7-19(10-12(2)3)17(20)11-25-18(21)13-8-15(23-5)16(24-6)9-14(13)22-4/h8-9H,2,7,10-11H2,1,3-6H3. The summed E-state index contributed by atoms with van der Waals surface area (Å²) in [5, 5.41) is 0. The van der Waals surface area contributed by atoms with Crippen molar-refractivity contribution in [3.63, 3.8) is 0 Å². The maximum absolute atomic E-state index is 12.3. The molecule has 0 bridgehead atoms. The van der Waals surface area contributed by atoms with E-state index in [9.17, 15) is 9.59 Å². The smallest absolute Gasteiger partial charge is 0.342 e. The Bertz CT molecular complexity index is 641. The molecule has 0 atom stereocenters. The Kier molecular flexibility index (Phi) is 7.78. The van der Waals surface area contributed by atoms with Crippen molar-refractivity contribution in [2.75, 3.05) is 41.0 Å². The molecule has 1 rings (SSSR count). The van der Waals surface area contributed by atoms with Crippen molar-refractivity contribution in [3.8, 4) is 17.2 Å². The molecule has 0 spiro atoms. The van der Waals surface area contributed by atoms with Gasteiger partial charge in [-0.2, -0.15) is 0 Å². The molecule has 0 N–H and O–H groups in total. The monoisotopic (exact) mass is 351 g/mol. The SMILES string of the molecule is C=C(C)CN(CC)C(=O)COC(=O)c1cc(OC)c(OC)cc1OC. The van der Waals surface area contributed by atoms with Crippen LogP contribution in [0, 0.1) is 0 Å². The average molecular weight is 351 g/mol. The topological polar surface area (TPSA) is 74.3 Å². The van der Waals surface area contributed by atoms with Crippen LogP contribution < -0.4 is 14.2 Å². The predicted molar refractivity (Wildman–Crippen MR) is 93.4 cm³/mol. The molecule has 0 aliphatic rings. The fraction of sp³-hybridized carbons (Fsp3) is 0.444. The van der Waals surface area contributed by atoms with E-state index in [1.54, 1.807) is 4.90 Å². The molecular weight excluding hydrogens is 326 g/mol. The summed E-state index contributed by atoms with van der Waals surface area (Å²) in [6.07, 6.45) is 0. The van der Waals surface area contributed by atoms with Crippen LogP contribution in [-0.2, 0) is 9.53 Å². The van der Waals surface area contributed by atoms with Crippen LogP contribution >= 0.6 is 0 Å². The Morgan fingerprint density at radius 2 is 1.60 bits per heavy atom. The molecule has 0 unspecified atom stereocenters. The Hall–Kier alpha value is -2.70. The van der Waals surface area contributed by atoms with Crippen molar-refractivity contribution >= 4 is 11.9 Å². The summed E-state index contributed by atoms with van der Waals surface area (Å²) in [5.74, 6) is 0.0739. The van der Waals surface area contributed by atoms with Gasteiger partial charge in [0.2, 0.25) is 0 Å². The summed E-state index contributed by atoms with van der Waals surface area (Å²) in [4.78, 5) is 26.1. The summed E-state index contributed by atoms with van der Waals surface area (Å²) in [5.41, 5.74) is 0.999. The molecule has 1 aromatic carbocycles. The minimum Gasteiger partial charge on any atom is -0.496 e. The largest absolute Gasteiger partial charge is 0.496 e. The summed E-state index contributed by atoms with van der Waals surface area (Å²) in [6.45, 7) is 8.02. The van der Waals surface area contributed by atoms with Gasteiger partial charge in [0, 0.05) is 25.2 Å². The fourth-order valence-corrected chi connectivity index (χ4v) is 2.19. The lowest BCUT2D eigenvalue weighted by Crippen LogP contribution is -2.35.